The molecule has 2 atom stereocenters. The summed E-state index contributed by atoms with van der Waals surface area (Å²) in [5, 5.41) is 3.38. The van der Waals surface area contributed by atoms with Gasteiger partial charge in [0.25, 0.3) is 0 Å². The number of ether oxygens (including phenoxy) is 2. The number of likely N-dealkylation sites (N-methyl/N-ethyl adjacent to an activating group) is 2. The van der Waals surface area contributed by atoms with Crippen LogP contribution in [-0.4, -0.2) is 62.3 Å². The topological polar surface area (TPSA) is 33.7 Å². The summed E-state index contributed by atoms with van der Waals surface area (Å²) in [6.07, 6.45) is -2.62. The van der Waals surface area contributed by atoms with Gasteiger partial charge in [-0.3, -0.25) is 0 Å². The second-order valence-corrected chi connectivity index (χ2v) is 5.93. The predicted molar refractivity (Wildman–Crippen MR) is 73.0 cm³/mol. The first-order valence-electron chi connectivity index (χ1n) is 7.63. The van der Waals surface area contributed by atoms with E-state index in [9.17, 15) is 13.2 Å². The fourth-order valence-electron chi connectivity index (χ4n) is 3.32. The van der Waals surface area contributed by atoms with Crippen molar-refractivity contribution in [1.29, 1.82) is 0 Å². The van der Waals surface area contributed by atoms with Crippen LogP contribution in [0.15, 0.2) is 0 Å². The number of rotatable bonds is 5. The molecule has 2 fully saturated rings. The van der Waals surface area contributed by atoms with Crippen LogP contribution in [-0.2, 0) is 9.47 Å². The number of nitrogens with one attached hydrogen (secondary N) is 1. The molecule has 1 spiro atoms. The van der Waals surface area contributed by atoms with E-state index in [1.807, 2.05) is 6.92 Å². The highest BCUT2D eigenvalue weighted by atomic mass is 19.4. The summed E-state index contributed by atoms with van der Waals surface area (Å²) >= 11 is 0. The molecule has 21 heavy (non-hydrogen) atoms. The molecule has 4 nitrogen and oxygen atoms in total. The Kier molecular flexibility index (Phi) is 5.51. The Morgan fingerprint density at radius 3 is 2.52 bits per heavy atom. The molecule has 2 aliphatic rings. The number of hydrogen-bond donors (Lipinski definition) is 1. The molecule has 124 valence electrons. The molecule has 0 radical (unpaired) electrons. The lowest BCUT2D eigenvalue weighted by molar-refractivity contribution is -0.194. The number of halogens is 3. The summed E-state index contributed by atoms with van der Waals surface area (Å²) < 4.78 is 48.8. The van der Waals surface area contributed by atoms with Gasteiger partial charge in [-0.2, -0.15) is 13.2 Å². The van der Waals surface area contributed by atoms with Crippen LogP contribution in [0.2, 0.25) is 0 Å². The second-order valence-electron chi connectivity index (χ2n) is 5.93. The van der Waals surface area contributed by atoms with Gasteiger partial charge >= 0.3 is 6.18 Å². The molecule has 7 heteroatoms. The largest absolute Gasteiger partial charge is 0.390 e. The molecular weight excluding hydrogens is 285 g/mol. The first-order chi connectivity index (χ1) is 9.85. The molecule has 1 aliphatic heterocycles. The van der Waals surface area contributed by atoms with Crippen molar-refractivity contribution in [3.8, 4) is 0 Å². The van der Waals surface area contributed by atoms with Crippen molar-refractivity contribution in [2.75, 3.05) is 33.4 Å². The normalized spacial score (nSPS) is 29.4. The highest BCUT2D eigenvalue weighted by Gasteiger charge is 2.46. The Labute approximate surface area is 124 Å². The van der Waals surface area contributed by atoms with Crippen LogP contribution in [0.4, 0.5) is 13.2 Å². The minimum Gasteiger partial charge on any atom is -0.347 e. The summed E-state index contributed by atoms with van der Waals surface area (Å²) in [6.45, 7) is 3.98. The van der Waals surface area contributed by atoms with Gasteiger partial charge in [-0.1, -0.05) is 6.92 Å². The Bertz CT molecular complexity index is 333. The number of hydrogen-bond acceptors (Lipinski definition) is 4. The van der Waals surface area contributed by atoms with Crippen LogP contribution in [0.25, 0.3) is 0 Å². The monoisotopic (exact) mass is 310 g/mol. The van der Waals surface area contributed by atoms with Crippen LogP contribution in [0.1, 0.15) is 32.6 Å². The van der Waals surface area contributed by atoms with E-state index in [1.54, 1.807) is 11.9 Å². The van der Waals surface area contributed by atoms with E-state index in [0.29, 0.717) is 19.6 Å². The standard InChI is InChI=1S/C14H25F3N2O2/c1-3-18-11-4-5-13(20-8-9-21-13)10-12(11)19(2)7-6-14(15,16)17/h11-12,18H,3-10H2,1-2H3. The highest BCUT2D eigenvalue weighted by molar-refractivity contribution is 4.95. The van der Waals surface area contributed by atoms with Gasteiger partial charge in [0.05, 0.1) is 19.6 Å². The highest BCUT2D eigenvalue weighted by Crippen LogP contribution is 2.38. The molecular formula is C14H25F3N2O2. The molecule has 0 aromatic carbocycles. The molecule has 0 aromatic heterocycles. The summed E-state index contributed by atoms with van der Waals surface area (Å²) in [4.78, 5) is 1.80. The van der Waals surface area contributed by atoms with Gasteiger partial charge in [-0.05, 0) is 20.0 Å². The van der Waals surface area contributed by atoms with Crippen molar-refractivity contribution >= 4 is 0 Å². The van der Waals surface area contributed by atoms with Crippen molar-refractivity contribution < 1.29 is 22.6 Å². The smallest absolute Gasteiger partial charge is 0.347 e. The quantitative estimate of drug-likeness (QED) is 0.843. The lowest BCUT2D eigenvalue weighted by atomic mass is 9.84. The average Bonchev–Trinajstić information content (AvgIpc) is 2.86. The van der Waals surface area contributed by atoms with E-state index in [-0.39, 0.29) is 18.6 Å². The van der Waals surface area contributed by atoms with Crippen molar-refractivity contribution in [2.45, 2.75) is 56.7 Å². The fourth-order valence-corrected chi connectivity index (χ4v) is 3.32. The number of nitrogens with zero attached hydrogens (tertiary/aromatic N) is 1. The summed E-state index contributed by atoms with van der Waals surface area (Å²) in [6, 6.07) is 0.186. The average molecular weight is 310 g/mol. The lowest BCUT2D eigenvalue weighted by Crippen LogP contribution is -2.57. The van der Waals surface area contributed by atoms with E-state index < -0.39 is 18.4 Å². The predicted octanol–water partition coefficient (Wildman–Crippen LogP) is 2.14. The van der Waals surface area contributed by atoms with E-state index >= 15 is 0 Å². The lowest BCUT2D eigenvalue weighted by Gasteiger charge is -2.45. The van der Waals surface area contributed by atoms with Crippen LogP contribution in [0, 0.1) is 0 Å². The summed E-state index contributed by atoms with van der Waals surface area (Å²) in [5.74, 6) is -0.580. The van der Waals surface area contributed by atoms with E-state index in [0.717, 1.165) is 19.4 Å². The van der Waals surface area contributed by atoms with Gasteiger partial charge in [0.15, 0.2) is 5.79 Å². The van der Waals surface area contributed by atoms with Gasteiger partial charge < -0.3 is 19.7 Å². The first-order valence-corrected chi connectivity index (χ1v) is 7.63. The molecule has 0 aromatic rings. The summed E-state index contributed by atoms with van der Waals surface area (Å²) in [5.41, 5.74) is 0. The van der Waals surface area contributed by atoms with Crippen molar-refractivity contribution in [3.05, 3.63) is 0 Å². The molecule has 0 bridgehead atoms. The van der Waals surface area contributed by atoms with E-state index in [2.05, 4.69) is 5.32 Å². The Balaban J connectivity index is 1.99. The van der Waals surface area contributed by atoms with E-state index in [1.165, 1.54) is 0 Å². The minimum absolute atomic E-state index is 0.000787. The van der Waals surface area contributed by atoms with Crippen LogP contribution < -0.4 is 5.32 Å². The van der Waals surface area contributed by atoms with Crippen LogP contribution in [0.5, 0.6) is 0 Å². The molecule has 2 unspecified atom stereocenters. The van der Waals surface area contributed by atoms with Crippen molar-refractivity contribution in [2.24, 2.45) is 0 Å². The Hall–Kier alpha value is -0.370. The molecule has 1 N–H and O–H groups in total. The van der Waals surface area contributed by atoms with Gasteiger partial charge in [-0.15, -0.1) is 0 Å². The van der Waals surface area contributed by atoms with Crippen molar-refractivity contribution in [1.82, 2.24) is 10.2 Å². The third-order valence-electron chi connectivity index (χ3n) is 4.41. The molecule has 2 rings (SSSR count). The zero-order valence-electron chi connectivity index (χ0n) is 12.7. The van der Waals surface area contributed by atoms with Crippen molar-refractivity contribution in [3.63, 3.8) is 0 Å². The van der Waals surface area contributed by atoms with E-state index in [4.69, 9.17) is 9.47 Å². The first kappa shape index (κ1) is 17.0. The molecule has 0 amide bonds. The zero-order chi connectivity index (χ0) is 15.5. The fraction of sp³-hybridized carbons (Fsp3) is 1.00. The molecule has 1 saturated carbocycles. The maximum Gasteiger partial charge on any atom is 0.390 e. The Morgan fingerprint density at radius 2 is 1.95 bits per heavy atom. The zero-order valence-corrected chi connectivity index (χ0v) is 12.7. The van der Waals surface area contributed by atoms with Gasteiger partial charge in [-0.25, -0.2) is 0 Å². The second kappa shape index (κ2) is 6.81. The minimum atomic E-state index is -4.12. The maximum atomic E-state index is 12.4. The van der Waals surface area contributed by atoms with Gasteiger partial charge in [0.1, 0.15) is 0 Å². The molecule has 1 saturated heterocycles. The van der Waals surface area contributed by atoms with Crippen LogP contribution >= 0.6 is 0 Å². The third-order valence-corrected chi connectivity index (χ3v) is 4.41. The number of alkyl halides is 3. The SMILES string of the molecule is CCNC1CCC2(CC1N(C)CCC(F)(F)F)OCCO2. The molecule has 1 heterocycles. The van der Waals surface area contributed by atoms with Gasteiger partial charge in [0, 0.05) is 31.5 Å². The Morgan fingerprint density at radius 1 is 1.29 bits per heavy atom. The molecule has 1 aliphatic carbocycles. The maximum absolute atomic E-state index is 12.4. The summed E-state index contributed by atoms with van der Waals surface area (Å²) in [7, 11) is 1.76. The van der Waals surface area contributed by atoms with Gasteiger partial charge in [0.2, 0.25) is 0 Å². The third kappa shape index (κ3) is 4.55. The van der Waals surface area contributed by atoms with Crippen LogP contribution in [0.3, 0.4) is 0 Å².